The summed E-state index contributed by atoms with van der Waals surface area (Å²) in [6.45, 7) is 0.492. The van der Waals surface area contributed by atoms with Crippen molar-refractivity contribution in [3.05, 3.63) is 54.1 Å². The molecule has 2 aromatic carbocycles. The van der Waals surface area contributed by atoms with Gasteiger partial charge in [-0.25, -0.2) is 4.79 Å². The molecule has 96 valence electrons. The molecule has 0 aromatic heterocycles. The molecule has 0 saturated heterocycles. The van der Waals surface area contributed by atoms with Gasteiger partial charge < -0.3 is 10.1 Å². The van der Waals surface area contributed by atoms with Crippen LogP contribution in [0.25, 0.3) is 0 Å². The van der Waals surface area contributed by atoms with Gasteiger partial charge in [-0.15, -0.1) is 0 Å². The number of nitrogens with one attached hydrogen (secondary N) is 1. The molecule has 1 aliphatic rings. The van der Waals surface area contributed by atoms with E-state index in [2.05, 4.69) is 5.32 Å². The highest BCUT2D eigenvalue weighted by molar-refractivity contribution is 6.01. The molecule has 19 heavy (non-hydrogen) atoms. The molecule has 0 atom stereocenters. The Balaban J connectivity index is 1.92. The molecule has 0 saturated carbocycles. The fourth-order valence-corrected chi connectivity index (χ4v) is 2.16. The van der Waals surface area contributed by atoms with E-state index in [1.54, 1.807) is 17.0 Å². The highest BCUT2D eigenvalue weighted by atomic mass is 16.5. The van der Waals surface area contributed by atoms with Crippen LogP contribution in [0, 0.1) is 0 Å². The van der Waals surface area contributed by atoms with E-state index in [1.165, 1.54) is 12.1 Å². The zero-order valence-corrected chi connectivity index (χ0v) is 10.1. The number of fused-ring (bicyclic) bond motifs is 1. The Hall–Kier alpha value is -2.49. The summed E-state index contributed by atoms with van der Waals surface area (Å²) in [6, 6.07) is 13.8. The van der Waals surface area contributed by atoms with Gasteiger partial charge in [0.2, 0.25) is 0 Å². The lowest BCUT2D eigenvalue weighted by Crippen LogP contribution is -2.41. The van der Waals surface area contributed by atoms with Gasteiger partial charge in [-0.05, 0) is 35.9 Å². The maximum absolute atomic E-state index is 12.2. The average molecular weight is 257 g/mol. The Morgan fingerprint density at radius 2 is 2.00 bits per heavy atom. The van der Waals surface area contributed by atoms with Crippen LogP contribution >= 0.6 is 0 Å². The third-order valence-corrected chi connectivity index (χ3v) is 3.08. The van der Waals surface area contributed by atoms with Gasteiger partial charge in [0.1, 0.15) is 5.75 Å². The van der Waals surface area contributed by atoms with Crippen LogP contribution in [0.2, 0.25) is 0 Å². The number of anilines is 2. The first-order chi connectivity index (χ1) is 10.4. The van der Waals surface area contributed by atoms with Crippen LogP contribution in [-0.2, 0) is 6.54 Å². The van der Waals surface area contributed by atoms with Gasteiger partial charge in [-0.3, -0.25) is 4.90 Å². The molecular weight excluding hydrogens is 240 g/mol. The summed E-state index contributed by atoms with van der Waals surface area (Å²) in [5.74, 6) is 0.231. The number of rotatable bonds is 2. The van der Waals surface area contributed by atoms with Crippen molar-refractivity contribution in [2.45, 2.75) is 6.54 Å². The number of ether oxygens (including phenoxy) is 1. The number of hydrogen-bond donors (Lipinski definition) is 1. The quantitative estimate of drug-likeness (QED) is 0.898. The molecule has 3 rings (SSSR count). The summed E-state index contributed by atoms with van der Waals surface area (Å²) < 4.78 is 26.1. The summed E-state index contributed by atoms with van der Waals surface area (Å²) in [7, 11) is -2.49. The normalized spacial score (nSPS) is 16.7. The zero-order valence-electron chi connectivity index (χ0n) is 13.1. The molecule has 0 radical (unpaired) electrons. The van der Waals surface area contributed by atoms with Crippen LogP contribution in [0.4, 0.5) is 16.2 Å². The first kappa shape index (κ1) is 8.58. The summed E-state index contributed by atoms with van der Waals surface area (Å²) in [4.78, 5) is 13.7. The highest BCUT2D eigenvalue weighted by Crippen LogP contribution is 2.32. The zero-order chi connectivity index (χ0) is 15.7. The maximum atomic E-state index is 12.2. The number of benzene rings is 2. The van der Waals surface area contributed by atoms with Crippen molar-refractivity contribution in [3.8, 4) is 5.75 Å². The molecule has 0 spiro atoms. The van der Waals surface area contributed by atoms with Gasteiger partial charge in [0, 0.05) is 6.54 Å². The standard InChI is InChI=1S/C15H14N2O2/c1-19-13-8-6-12(7-9-13)17-14-5-3-2-4-11(14)10-16-15(17)18/h2-9H,10H2,1H3,(H,16,18)/i1D3. The van der Waals surface area contributed by atoms with Gasteiger partial charge in [0.15, 0.2) is 0 Å². The predicted molar refractivity (Wildman–Crippen MR) is 73.8 cm³/mol. The first-order valence-electron chi connectivity index (χ1n) is 7.39. The Labute approximate surface area is 115 Å². The number of para-hydroxylation sites is 1. The lowest BCUT2D eigenvalue weighted by Gasteiger charge is -2.30. The van der Waals surface area contributed by atoms with E-state index >= 15 is 0 Å². The largest absolute Gasteiger partial charge is 0.497 e. The van der Waals surface area contributed by atoms with Crippen molar-refractivity contribution >= 4 is 17.4 Å². The Morgan fingerprint density at radius 3 is 2.79 bits per heavy atom. The fourth-order valence-electron chi connectivity index (χ4n) is 2.16. The van der Waals surface area contributed by atoms with Crippen molar-refractivity contribution in [3.63, 3.8) is 0 Å². The van der Waals surface area contributed by atoms with Crippen molar-refractivity contribution in [2.75, 3.05) is 11.9 Å². The van der Waals surface area contributed by atoms with Crippen LogP contribution in [0.1, 0.15) is 9.68 Å². The molecule has 0 aliphatic carbocycles. The van der Waals surface area contributed by atoms with E-state index < -0.39 is 7.04 Å². The van der Waals surface area contributed by atoms with Gasteiger partial charge in [0.05, 0.1) is 22.5 Å². The first-order valence-corrected chi connectivity index (χ1v) is 5.89. The Bertz CT molecular complexity index is 699. The van der Waals surface area contributed by atoms with E-state index in [-0.39, 0.29) is 11.8 Å². The molecule has 1 heterocycles. The summed E-state index contributed by atoms with van der Waals surface area (Å²) >= 11 is 0. The number of amides is 2. The number of methoxy groups -OCH3 is 1. The Morgan fingerprint density at radius 1 is 1.21 bits per heavy atom. The predicted octanol–water partition coefficient (Wildman–Crippen LogP) is 3.06. The van der Waals surface area contributed by atoms with Gasteiger partial charge >= 0.3 is 6.03 Å². The SMILES string of the molecule is [2H]C([2H])([2H])Oc1ccc(N2C(=O)NCc3ccccc32)cc1. The second-order valence-corrected chi connectivity index (χ2v) is 4.22. The smallest absolute Gasteiger partial charge is 0.326 e. The van der Waals surface area contributed by atoms with Crippen molar-refractivity contribution in [1.29, 1.82) is 0 Å². The van der Waals surface area contributed by atoms with Crippen LogP contribution in [0.15, 0.2) is 48.5 Å². The van der Waals surface area contributed by atoms with E-state index in [1.807, 2.05) is 24.3 Å². The molecule has 1 N–H and O–H groups in total. The fraction of sp³-hybridized carbons (Fsp3) is 0.133. The molecule has 0 fully saturated rings. The van der Waals surface area contributed by atoms with Crippen LogP contribution < -0.4 is 15.0 Å². The minimum Gasteiger partial charge on any atom is -0.497 e. The molecule has 0 bridgehead atoms. The number of urea groups is 1. The lowest BCUT2D eigenvalue weighted by molar-refractivity contribution is 0.247. The topological polar surface area (TPSA) is 41.6 Å². The van der Waals surface area contributed by atoms with E-state index in [0.717, 1.165) is 11.3 Å². The molecule has 1 aliphatic heterocycles. The van der Waals surface area contributed by atoms with Crippen molar-refractivity contribution in [2.24, 2.45) is 0 Å². The minimum absolute atomic E-state index is 0.219. The van der Waals surface area contributed by atoms with Crippen LogP contribution in [0.5, 0.6) is 5.75 Å². The summed E-state index contributed by atoms with van der Waals surface area (Å²) in [5.41, 5.74) is 2.48. The number of hydrogen-bond acceptors (Lipinski definition) is 2. The van der Waals surface area contributed by atoms with Gasteiger partial charge in [0.25, 0.3) is 0 Å². The summed E-state index contributed by atoms with van der Waals surface area (Å²) in [5, 5.41) is 2.81. The molecule has 0 unspecified atom stereocenters. The van der Waals surface area contributed by atoms with E-state index in [4.69, 9.17) is 8.85 Å². The third-order valence-electron chi connectivity index (χ3n) is 3.08. The van der Waals surface area contributed by atoms with Gasteiger partial charge in [-0.1, -0.05) is 18.2 Å². The van der Waals surface area contributed by atoms with Crippen molar-refractivity contribution < 1.29 is 13.6 Å². The lowest BCUT2D eigenvalue weighted by atomic mass is 10.1. The van der Waals surface area contributed by atoms with E-state index in [9.17, 15) is 4.79 Å². The summed E-state index contributed by atoms with van der Waals surface area (Å²) in [6.07, 6.45) is 0. The van der Waals surface area contributed by atoms with Crippen LogP contribution in [-0.4, -0.2) is 13.1 Å². The third kappa shape index (κ3) is 2.01. The van der Waals surface area contributed by atoms with E-state index in [0.29, 0.717) is 12.2 Å². The maximum Gasteiger partial charge on any atom is 0.326 e. The van der Waals surface area contributed by atoms with Crippen LogP contribution in [0.3, 0.4) is 0 Å². The van der Waals surface area contributed by atoms with Gasteiger partial charge in [-0.2, -0.15) is 0 Å². The number of carbonyl (C=O) groups excluding carboxylic acids is 1. The number of carbonyl (C=O) groups is 1. The average Bonchev–Trinajstić information content (AvgIpc) is 2.47. The monoisotopic (exact) mass is 257 g/mol. The second kappa shape index (κ2) is 4.65. The highest BCUT2D eigenvalue weighted by Gasteiger charge is 2.24. The molecule has 2 amide bonds. The molecule has 2 aromatic rings. The second-order valence-electron chi connectivity index (χ2n) is 4.22. The Kier molecular flexibility index (Phi) is 2.10. The molecule has 4 nitrogen and oxygen atoms in total. The number of nitrogens with zero attached hydrogens (tertiary/aromatic N) is 1. The minimum atomic E-state index is -2.49. The molecular formula is C15H14N2O2. The van der Waals surface area contributed by atoms with Crippen molar-refractivity contribution in [1.82, 2.24) is 5.32 Å². The molecule has 4 heteroatoms.